The number of nitrogens with two attached hydrogens (primary N) is 1. The minimum Gasteiger partial charge on any atom is -0.337 e. The first kappa shape index (κ1) is 15.8. The largest absolute Gasteiger partial charge is 0.337 e. The molecule has 0 bridgehead atoms. The monoisotopic (exact) mass is 348 g/mol. The third-order valence-electron chi connectivity index (χ3n) is 3.76. The molecule has 3 N–H and O–H groups in total. The van der Waals surface area contributed by atoms with Crippen LogP contribution in [0.1, 0.15) is 19.8 Å². The van der Waals surface area contributed by atoms with Crippen molar-refractivity contribution in [3.05, 3.63) is 17.5 Å². The van der Waals surface area contributed by atoms with Gasteiger partial charge in [-0.25, -0.2) is 4.68 Å². The lowest BCUT2D eigenvalue weighted by molar-refractivity contribution is -0.119. The Balaban J connectivity index is 1.61. The maximum atomic E-state index is 12.1. The highest BCUT2D eigenvalue weighted by Crippen LogP contribution is 2.39. The lowest BCUT2D eigenvalue weighted by Crippen LogP contribution is -2.47. The quantitative estimate of drug-likeness (QED) is 0.606. The Morgan fingerprint density at radius 1 is 1.65 bits per heavy atom. The van der Waals surface area contributed by atoms with Gasteiger partial charge in [0.15, 0.2) is 5.82 Å². The van der Waals surface area contributed by atoms with Crippen LogP contribution in [0.25, 0.3) is 10.7 Å². The van der Waals surface area contributed by atoms with Crippen LogP contribution in [0.4, 0.5) is 0 Å². The molecule has 2 heterocycles. The van der Waals surface area contributed by atoms with Crippen LogP contribution in [-0.2, 0) is 4.79 Å². The predicted molar refractivity (Wildman–Crippen MR) is 89.1 cm³/mol. The van der Waals surface area contributed by atoms with Crippen LogP contribution < -0.4 is 11.2 Å². The number of hydrogen-bond donors (Lipinski definition) is 2. The summed E-state index contributed by atoms with van der Waals surface area (Å²) >= 11 is 2.73. The first-order valence-corrected chi connectivity index (χ1v) is 8.99. The van der Waals surface area contributed by atoms with Gasteiger partial charge in [0.05, 0.1) is 16.7 Å². The lowest BCUT2D eigenvalue weighted by atomic mass is 9.98. The van der Waals surface area contributed by atoms with Gasteiger partial charge in [-0.2, -0.15) is 5.26 Å². The predicted octanol–water partition coefficient (Wildman–Crippen LogP) is 1.62. The van der Waals surface area contributed by atoms with Crippen LogP contribution in [0.2, 0.25) is 0 Å². The molecule has 1 aliphatic rings. The van der Waals surface area contributed by atoms with E-state index in [0.29, 0.717) is 11.0 Å². The van der Waals surface area contributed by atoms with E-state index in [1.165, 1.54) is 27.8 Å². The second kappa shape index (κ2) is 6.22. The van der Waals surface area contributed by atoms with Crippen molar-refractivity contribution in [1.82, 2.24) is 20.2 Å². The van der Waals surface area contributed by atoms with E-state index in [1.807, 2.05) is 17.5 Å². The maximum Gasteiger partial charge on any atom is 0.231 e. The van der Waals surface area contributed by atoms with Crippen molar-refractivity contribution in [2.24, 2.45) is 5.92 Å². The molecule has 23 heavy (non-hydrogen) atoms. The van der Waals surface area contributed by atoms with Crippen molar-refractivity contribution in [1.29, 1.82) is 5.26 Å². The average Bonchev–Trinajstić information content (AvgIpc) is 3.15. The maximum absolute atomic E-state index is 12.1. The molecule has 1 amide bonds. The summed E-state index contributed by atoms with van der Waals surface area (Å²) in [6.07, 6.45) is 1.97. The number of rotatable bonds is 6. The van der Waals surface area contributed by atoms with Crippen LogP contribution >= 0.6 is 23.1 Å². The summed E-state index contributed by atoms with van der Waals surface area (Å²) < 4.78 is 1.38. The molecule has 2 aromatic heterocycles. The number of nitrogens with one attached hydrogen (secondary N) is 1. The molecular formula is C14H16N6OS2. The Kier molecular flexibility index (Phi) is 4.28. The van der Waals surface area contributed by atoms with Crippen LogP contribution in [0, 0.1) is 17.2 Å². The number of amides is 1. The smallest absolute Gasteiger partial charge is 0.231 e. The Morgan fingerprint density at radius 3 is 3.04 bits per heavy atom. The van der Waals surface area contributed by atoms with E-state index >= 15 is 0 Å². The van der Waals surface area contributed by atoms with Crippen molar-refractivity contribution in [3.63, 3.8) is 0 Å². The molecular weight excluding hydrogens is 332 g/mol. The van der Waals surface area contributed by atoms with E-state index in [0.717, 1.165) is 17.7 Å². The van der Waals surface area contributed by atoms with Gasteiger partial charge in [-0.05, 0) is 37.1 Å². The number of aromatic nitrogens is 3. The Bertz CT molecular complexity index is 746. The standard InChI is InChI=1S/C14H16N6OS2/c1-14(8-15,9-4-5-9)17-11(21)7-23-13-19-18-12(20(13)16)10-3-2-6-22-10/h2-3,6,9H,4-5,7,16H2,1H3,(H,17,21). The van der Waals surface area contributed by atoms with E-state index in [-0.39, 0.29) is 17.6 Å². The zero-order valence-electron chi connectivity index (χ0n) is 12.5. The van der Waals surface area contributed by atoms with Crippen LogP contribution in [0.15, 0.2) is 22.7 Å². The molecule has 0 spiro atoms. The molecule has 7 nitrogen and oxygen atoms in total. The molecule has 1 unspecified atom stereocenters. The molecule has 0 radical (unpaired) electrons. The number of hydrogen-bond acceptors (Lipinski definition) is 7. The normalized spacial score (nSPS) is 16.5. The number of nitrogens with zero attached hydrogens (tertiary/aromatic N) is 4. The van der Waals surface area contributed by atoms with E-state index in [4.69, 9.17) is 5.84 Å². The molecule has 1 fully saturated rings. The van der Waals surface area contributed by atoms with Crippen molar-refractivity contribution in [2.45, 2.75) is 30.5 Å². The van der Waals surface area contributed by atoms with Crippen molar-refractivity contribution in [3.8, 4) is 16.8 Å². The number of nitrogen functional groups attached to an aromatic ring is 1. The number of carbonyl (C=O) groups is 1. The average molecular weight is 348 g/mol. The van der Waals surface area contributed by atoms with Crippen molar-refractivity contribution < 1.29 is 4.79 Å². The summed E-state index contributed by atoms with van der Waals surface area (Å²) in [4.78, 5) is 13.0. The van der Waals surface area contributed by atoms with E-state index in [9.17, 15) is 10.1 Å². The number of carbonyl (C=O) groups excluding carboxylic acids is 1. The summed E-state index contributed by atoms with van der Waals surface area (Å²) in [7, 11) is 0. The molecule has 9 heteroatoms. The Morgan fingerprint density at radius 2 is 2.43 bits per heavy atom. The molecule has 1 atom stereocenters. The number of nitriles is 1. The number of thioether (sulfide) groups is 1. The van der Waals surface area contributed by atoms with E-state index < -0.39 is 5.54 Å². The zero-order chi connectivity index (χ0) is 16.4. The second-order valence-corrected chi connectivity index (χ2v) is 7.47. The summed E-state index contributed by atoms with van der Waals surface area (Å²) in [6, 6.07) is 6.03. The van der Waals surface area contributed by atoms with Gasteiger partial charge in [0.1, 0.15) is 5.54 Å². The highest BCUT2D eigenvalue weighted by molar-refractivity contribution is 7.99. The van der Waals surface area contributed by atoms with Crippen molar-refractivity contribution >= 4 is 29.0 Å². The highest BCUT2D eigenvalue weighted by Gasteiger charge is 2.42. The third kappa shape index (κ3) is 3.33. The fourth-order valence-corrected chi connectivity index (χ4v) is 3.65. The fourth-order valence-electron chi connectivity index (χ4n) is 2.29. The van der Waals surface area contributed by atoms with Gasteiger partial charge >= 0.3 is 0 Å². The van der Waals surface area contributed by atoms with Gasteiger partial charge in [0.25, 0.3) is 0 Å². The van der Waals surface area contributed by atoms with Gasteiger partial charge in [-0.1, -0.05) is 17.8 Å². The first-order chi connectivity index (χ1) is 11.0. The molecule has 1 aliphatic carbocycles. The van der Waals surface area contributed by atoms with Gasteiger partial charge < -0.3 is 11.2 Å². The molecule has 1 saturated carbocycles. The fraction of sp³-hybridized carbons (Fsp3) is 0.429. The van der Waals surface area contributed by atoms with Crippen LogP contribution in [0.3, 0.4) is 0 Å². The molecule has 2 aromatic rings. The van der Waals surface area contributed by atoms with Gasteiger partial charge in [0, 0.05) is 0 Å². The molecule has 3 rings (SSSR count). The Hall–Kier alpha value is -2.05. The van der Waals surface area contributed by atoms with Gasteiger partial charge in [-0.3, -0.25) is 4.79 Å². The molecule has 120 valence electrons. The summed E-state index contributed by atoms with van der Waals surface area (Å²) in [5, 5.41) is 22.6. The minimum atomic E-state index is -0.782. The van der Waals surface area contributed by atoms with Crippen molar-refractivity contribution in [2.75, 3.05) is 11.6 Å². The topological polar surface area (TPSA) is 110 Å². The second-order valence-electron chi connectivity index (χ2n) is 5.58. The van der Waals surface area contributed by atoms with E-state index in [1.54, 1.807) is 6.92 Å². The Labute approximate surface area is 141 Å². The SMILES string of the molecule is CC(C#N)(NC(=O)CSc1nnc(-c2cccs2)n1N)C1CC1. The molecule has 0 aliphatic heterocycles. The van der Waals surface area contributed by atoms with E-state index in [2.05, 4.69) is 21.6 Å². The summed E-state index contributed by atoms with van der Waals surface area (Å²) in [5.74, 6) is 6.75. The minimum absolute atomic E-state index is 0.143. The summed E-state index contributed by atoms with van der Waals surface area (Å²) in [5.41, 5.74) is -0.782. The van der Waals surface area contributed by atoms with Gasteiger partial charge in [0.2, 0.25) is 11.1 Å². The molecule has 0 aromatic carbocycles. The summed E-state index contributed by atoms with van der Waals surface area (Å²) in [6.45, 7) is 1.77. The number of thiophene rings is 1. The molecule has 0 saturated heterocycles. The highest BCUT2D eigenvalue weighted by atomic mass is 32.2. The first-order valence-electron chi connectivity index (χ1n) is 7.13. The lowest BCUT2D eigenvalue weighted by Gasteiger charge is -2.22. The third-order valence-corrected chi connectivity index (χ3v) is 5.57. The van der Waals surface area contributed by atoms with Crippen LogP contribution in [0.5, 0.6) is 0 Å². The van der Waals surface area contributed by atoms with Gasteiger partial charge in [-0.15, -0.1) is 21.5 Å². The van der Waals surface area contributed by atoms with Crippen LogP contribution in [-0.4, -0.2) is 32.1 Å². The zero-order valence-corrected chi connectivity index (χ0v) is 14.2.